The van der Waals surface area contributed by atoms with Gasteiger partial charge in [0.1, 0.15) is 25.6 Å². The molecule has 188 valence electrons. The number of rotatable bonds is 4. The Bertz CT molecular complexity index is 1200. The Labute approximate surface area is 207 Å². The summed E-state index contributed by atoms with van der Waals surface area (Å²) in [7, 11) is 0. The van der Waals surface area contributed by atoms with Gasteiger partial charge in [0.05, 0.1) is 17.8 Å². The van der Waals surface area contributed by atoms with Gasteiger partial charge in [-0.25, -0.2) is 14.1 Å². The van der Waals surface area contributed by atoms with Crippen LogP contribution in [0.3, 0.4) is 0 Å². The molecule has 6 rings (SSSR count). The third-order valence-electron chi connectivity index (χ3n) is 7.31. The Morgan fingerprint density at radius 1 is 1.00 bits per heavy atom. The molecule has 4 atom stereocenters. The standard InChI is InChI=1S/C26H26FN3O6/c27-15-5-8-17(9-6-15)30-25(32)24-23(18-3-1-2-4-19(18)36-24)29(26(30)33)14-22(31)28-16-7-10-20-21(13-16)35-12-11-34-20/h5-10,13,18-19,23-24H,1-4,11-12,14H2,(H,28,31). The highest BCUT2D eigenvalue weighted by Crippen LogP contribution is 2.43. The highest BCUT2D eigenvalue weighted by atomic mass is 19.1. The van der Waals surface area contributed by atoms with Crippen molar-refractivity contribution in [1.29, 1.82) is 0 Å². The molecular weight excluding hydrogens is 469 g/mol. The van der Waals surface area contributed by atoms with Crippen molar-refractivity contribution < 1.29 is 33.0 Å². The van der Waals surface area contributed by atoms with Gasteiger partial charge >= 0.3 is 6.03 Å². The molecular formula is C26H26FN3O6. The summed E-state index contributed by atoms with van der Waals surface area (Å²) >= 11 is 0. The van der Waals surface area contributed by atoms with Gasteiger partial charge in [0.2, 0.25) is 5.91 Å². The Morgan fingerprint density at radius 3 is 2.56 bits per heavy atom. The molecule has 0 bridgehead atoms. The molecule has 4 aliphatic rings. The van der Waals surface area contributed by atoms with E-state index in [4.69, 9.17) is 14.2 Å². The molecule has 2 aromatic rings. The van der Waals surface area contributed by atoms with Crippen LogP contribution in [0.4, 0.5) is 20.6 Å². The minimum Gasteiger partial charge on any atom is -0.486 e. The normalized spacial score (nSPS) is 26.9. The number of imide groups is 1. The lowest BCUT2D eigenvalue weighted by molar-refractivity contribution is -0.133. The molecule has 9 nitrogen and oxygen atoms in total. The van der Waals surface area contributed by atoms with Crippen LogP contribution in [0.2, 0.25) is 0 Å². The smallest absolute Gasteiger partial charge is 0.332 e. The van der Waals surface area contributed by atoms with Gasteiger partial charge in [0, 0.05) is 17.7 Å². The molecule has 1 saturated carbocycles. The van der Waals surface area contributed by atoms with Gasteiger partial charge in [0.15, 0.2) is 17.6 Å². The zero-order valence-corrected chi connectivity index (χ0v) is 19.5. The average molecular weight is 496 g/mol. The SMILES string of the molecule is O=C(CN1C(=O)N(c2ccc(F)cc2)C(=O)C2OC3CCCCC3C21)Nc1ccc2c(c1)OCCO2. The molecule has 0 radical (unpaired) electrons. The summed E-state index contributed by atoms with van der Waals surface area (Å²) in [4.78, 5) is 42.7. The largest absolute Gasteiger partial charge is 0.486 e. The number of urea groups is 1. The molecule has 1 N–H and O–H groups in total. The predicted octanol–water partition coefficient (Wildman–Crippen LogP) is 3.33. The first-order chi connectivity index (χ1) is 17.5. The Hall–Kier alpha value is -3.66. The van der Waals surface area contributed by atoms with E-state index in [1.165, 1.54) is 29.2 Å². The van der Waals surface area contributed by atoms with Crippen molar-refractivity contribution in [3.05, 3.63) is 48.3 Å². The fraction of sp³-hybridized carbons (Fsp3) is 0.423. The Kier molecular flexibility index (Phi) is 5.75. The second-order valence-electron chi connectivity index (χ2n) is 9.50. The average Bonchev–Trinajstić information content (AvgIpc) is 3.28. The number of carbonyl (C=O) groups excluding carboxylic acids is 3. The van der Waals surface area contributed by atoms with E-state index in [0.29, 0.717) is 30.4 Å². The van der Waals surface area contributed by atoms with Crippen molar-refractivity contribution in [1.82, 2.24) is 4.90 Å². The molecule has 3 fully saturated rings. The summed E-state index contributed by atoms with van der Waals surface area (Å²) in [6.07, 6.45) is 2.60. The topological polar surface area (TPSA) is 97.4 Å². The molecule has 4 amide bonds. The number of ether oxygens (including phenoxy) is 3. The molecule has 0 spiro atoms. The summed E-state index contributed by atoms with van der Waals surface area (Å²) in [5, 5.41) is 2.82. The second kappa shape index (κ2) is 9.09. The first-order valence-corrected chi connectivity index (χ1v) is 12.2. The minimum absolute atomic E-state index is 0.0193. The van der Waals surface area contributed by atoms with Gasteiger partial charge in [-0.05, 0) is 49.2 Å². The van der Waals surface area contributed by atoms with Crippen LogP contribution in [0, 0.1) is 11.7 Å². The number of fused-ring (bicyclic) bond motifs is 4. The second-order valence-corrected chi connectivity index (χ2v) is 9.50. The van der Waals surface area contributed by atoms with Crippen LogP contribution in [-0.2, 0) is 14.3 Å². The van der Waals surface area contributed by atoms with Gasteiger partial charge in [-0.15, -0.1) is 0 Å². The molecule has 0 aromatic heterocycles. The van der Waals surface area contributed by atoms with Crippen LogP contribution < -0.4 is 19.7 Å². The van der Waals surface area contributed by atoms with Gasteiger partial charge < -0.3 is 24.4 Å². The molecule has 1 aliphatic carbocycles. The lowest BCUT2D eigenvalue weighted by Crippen LogP contribution is -2.65. The van der Waals surface area contributed by atoms with Crippen molar-refractivity contribution >= 4 is 29.2 Å². The third kappa shape index (κ3) is 3.95. The highest BCUT2D eigenvalue weighted by molar-refractivity contribution is 6.18. The van der Waals surface area contributed by atoms with Crippen molar-refractivity contribution in [3.63, 3.8) is 0 Å². The molecule has 3 heterocycles. The van der Waals surface area contributed by atoms with Crippen LogP contribution in [0.1, 0.15) is 25.7 Å². The Balaban J connectivity index is 1.28. The quantitative estimate of drug-likeness (QED) is 0.699. The predicted molar refractivity (Wildman–Crippen MR) is 126 cm³/mol. The fourth-order valence-electron chi connectivity index (χ4n) is 5.73. The maximum absolute atomic E-state index is 13.7. The number of carbonyl (C=O) groups is 3. The van der Waals surface area contributed by atoms with E-state index in [1.54, 1.807) is 18.2 Å². The highest BCUT2D eigenvalue weighted by Gasteiger charge is 2.58. The van der Waals surface area contributed by atoms with Gasteiger partial charge in [0.25, 0.3) is 5.91 Å². The molecule has 3 aliphatic heterocycles. The van der Waals surface area contributed by atoms with Crippen molar-refractivity contribution in [2.24, 2.45) is 5.92 Å². The molecule has 2 saturated heterocycles. The van der Waals surface area contributed by atoms with E-state index in [1.807, 2.05) is 0 Å². The summed E-state index contributed by atoms with van der Waals surface area (Å²) in [5.74, 6) is -0.244. The maximum Gasteiger partial charge on any atom is 0.332 e. The van der Waals surface area contributed by atoms with Crippen LogP contribution in [-0.4, -0.2) is 60.8 Å². The molecule has 4 unspecified atom stereocenters. The zero-order valence-electron chi connectivity index (χ0n) is 19.5. The van der Waals surface area contributed by atoms with E-state index < -0.39 is 35.8 Å². The number of benzene rings is 2. The number of amides is 4. The van der Waals surface area contributed by atoms with Gasteiger partial charge in [-0.2, -0.15) is 0 Å². The number of hydrogen-bond donors (Lipinski definition) is 1. The van der Waals surface area contributed by atoms with E-state index in [2.05, 4.69) is 5.32 Å². The molecule has 10 heteroatoms. The fourth-order valence-corrected chi connectivity index (χ4v) is 5.73. The lowest BCUT2D eigenvalue weighted by Gasteiger charge is -2.42. The van der Waals surface area contributed by atoms with Gasteiger partial charge in [-0.1, -0.05) is 12.8 Å². The summed E-state index contributed by atoms with van der Waals surface area (Å²) in [6.45, 7) is 0.628. The van der Waals surface area contributed by atoms with Gasteiger partial charge in [-0.3, -0.25) is 9.59 Å². The monoisotopic (exact) mass is 495 g/mol. The molecule has 2 aromatic carbocycles. The number of anilines is 2. The summed E-state index contributed by atoms with van der Waals surface area (Å²) in [5.41, 5.74) is 0.746. The molecule has 36 heavy (non-hydrogen) atoms. The van der Waals surface area contributed by atoms with Crippen molar-refractivity contribution in [2.75, 3.05) is 30.0 Å². The third-order valence-corrected chi connectivity index (χ3v) is 7.31. The van der Waals surface area contributed by atoms with E-state index >= 15 is 0 Å². The Morgan fingerprint density at radius 2 is 1.75 bits per heavy atom. The van der Waals surface area contributed by atoms with Crippen LogP contribution in [0.5, 0.6) is 11.5 Å². The van der Waals surface area contributed by atoms with Crippen LogP contribution >= 0.6 is 0 Å². The van der Waals surface area contributed by atoms with Crippen LogP contribution in [0.15, 0.2) is 42.5 Å². The van der Waals surface area contributed by atoms with Crippen molar-refractivity contribution in [2.45, 2.75) is 43.9 Å². The first-order valence-electron chi connectivity index (χ1n) is 12.2. The lowest BCUT2D eigenvalue weighted by atomic mass is 9.81. The van der Waals surface area contributed by atoms with E-state index in [9.17, 15) is 18.8 Å². The zero-order chi connectivity index (χ0) is 24.8. The number of halogens is 1. The number of nitrogens with zero attached hydrogens (tertiary/aromatic N) is 2. The van der Waals surface area contributed by atoms with Crippen molar-refractivity contribution in [3.8, 4) is 11.5 Å². The maximum atomic E-state index is 13.7. The number of hydrogen-bond acceptors (Lipinski definition) is 6. The first kappa shape index (κ1) is 22.8. The summed E-state index contributed by atoms with van der Waals surface area (Å²) < 4.78 is 30.8. The number of nitrogens with one attached hydrogen (secondary N) is 1. The van der Waals surface area contributed by atoms with E-state index in [0.717, 1.165) is 30.6 Å². The van der Waals surface area contributed by atoms with E-state index in [-0.39, 0.29) is 24.3 Å². The minimum atomic E-state index is -0.872. The van der Waals surface area contributed by atoms with Crippen LogP contribution in [0.25, 0.3) is 0 Å². The summed E-state index contributed by atoms with van der Waals surface area (Å²) in [6, 6.07) is 9.10.